The zero-order valence-corrected chi connectivity index (χ0v) is 19.9. The number of para-hydroxylation sites is 1. The van der Waals surface area contributed by atoms with Crippen LogP contribution in [0.2, 0.25) is 0 Å². The first-order valence-electron chi connectivity index (χ1n) is 10.5. The number of hydrogen-bond donors (Lipinski definition) is 0. The number of halogens is 1. The van der Waals surface area contributed by atoms with Crippen molar-refractivity contribution in [1.29, 1.82) is 0 Å². The van der Waals surface area contributed by atoms with Crippen LogP contribution in [0.15, 0.2) is 53.0 Å². The summed E-state index contributed by atoms with van der Waals surface area (Å²) in [7, 11) is 0. The van der Waals surface area contributed by atoms with E-state index in [1.54, 1.807) is 4.90 Å². The molecule has 0 radical (unpaired) electrons. The van der Waals surface area contributed by atoms with E-state index in [9.17, 15) is 4.79 Å². The Labute approximate surface area is 192 Å². The number of nitrogens with zero attached hydrogens (tertiary/aromatic N) is 1. The van der Waals surface area contributed by atoms with Gasteiger partial charge in [0, 0.05) is 19.2 Å². The van der Waals surface area contributed by atoms with Crippen molar-refractivity contribution < 1.29 is 23.7 Å². The molecule has 7 heteroatoms. The van der Waals surface area contributed by atoms with Crippen LogP contribution in [0, 0.1) is 0 Å². The summed E-state index contributed by atoms with van der Waals surface area (Å²) in [6.45, 7) is 7.87. The lowest BCUT2D eigenvalue weighted by molar-refractivity contribution is -0.0177. The normalized spacial score (nSPS) is 14.9. The second-order valence-electron chi connectivity index (χ2n) is 8.39. The molecule has 2 aromatic rings. The molecule has 0 saturated carbocycles. The first-order chi connectivity index (χ1) is 14.8. The van der Waals surface area contributed by atoms with Crippen LogP contribution in [0.25, 0.3) is 0 Å². The highest BCUT2D eigenvalue weighted by atomic mass is 79.9. The molecule has 1 heterocycles. The molecule has 0 spiro atoms. The number of ether oxygens (including phenoxy) is 4. The summed E-state index contributed by atoms with van der Waals surface area (Å²) in [4.78, 5) is 13.9. The van der Waals surface area contributed by atoms with E-state index < -0.39 is 5.60 Å². The maximum absolute atomic E-state index is 12.1. The lowest BCUT2D eigenvalue weighted by Crippen LogP contribution is -2.43. The van der Waals surface area contributed by atoms with Crippen LogP contribution in [-0.4, -0.2) is 49.0 Å². The lowest BCUT2D eigenvalue weighted by atomic mass is 10.1. The molecule has 0 atom stereocenters. The molecule has 6 nitrogen and oxygen atoms in total. The fraction of sp³-hybridized carbons (Fsp3) is 0.458. The van der Waals surface area contributed by atoms with E-state index >= 15 is 0 Å². The van der Waals surface area contributed by atoms with Crippen molar-refractivity contribution in [2.45, 2.75) is 45.3 Å². The zero-order chi connectivity index (χ0) is 22.3. The largest absolute Gasteiger partial charge is 0.491 e. The number of hydrogen-bond acceptors (Lipinski definition) is 5. The number of benzene rings is 2. The monoisotopic (exact) mass is 491 g/mol. The van der Waals surface area contributed by atoms with Crippen LogP contribution >= 0.6 is 15.9 Å². The molecule has 1 amide bonds. The first-order valence-corrected chi connectivity index (χ1v) is 11.3. The number of carbonyl (C=O) groups is 1. The number of carbonyl (C=O) groups excluding carboxylic acids is 1. The van der Waals surface area contributed by atoms with Gasteiger partial charge in [0.05, 0.1) is 17.2 Å². The third kappa shape index (κ3) is 7.74. The molecule has 168 valence electrons. The van der Waals surface area contributed by atoms with Gasteiger partial charge < -0.3 is 23.8 Å². The predicted octanol–water partition coefficient (Wildman–Crippen LogP) is 6.04. The lowest BCUT2D eigenvalue weighted by Gasteiger charge is -2.33. The van der Waals surface area contributed by atoms with E-state index in [4.69, 9.17) is 18.9 Å². The third-order valence-electron chi connectivity index (χ3n) is 4.67. The van der Waals surface area contributed by atoms with Crippen molar-refractivity contribution in [3.05, 3.63) is 53.0 Å². The maximum atomic E-state index is 12.1. The summed E-state index contributed by atoms with van der Waals surface area (Å²) < 4.78 is 24.0. The van der Waals surface area contributed by atoms with Gasteiger partial charge in [0.1, 0.15) is 29.5 Å². The van der Waals surface area contributed by atoms with Gasteiger partial charge in [-0.25, -0.2) is 4.79 Å². The van der Waals surface area contributed by atoms with E-state index in [1.165, 1.54) is 0 Å². The number of likely N-dealkylation sites (tertiary alicyclic amines) is 1. The molecule has 0 N–H and O–H groups in total. The van der Waals surface area contributed by atoms with Crippen molar-refractivity contribution in [3.63, 3.8) is 0 Å². The van der Waals surface area contributed by atoms with Crippen molar-refractivity contribution in [2.24, 2.45) is 0 Å². The second kappa shape index (κ2) is 10.9. The SMILES string of the molecule is CC(C)(C)OC(=O)N1CCC(OCCOc2cccc(Oc3ccccc3Br)c2)CC1. The molecule has 2 aromatic carbocycles. The molecule has 0 aromatic heterocycles. The third-order valence-corrected chi connectivity index (χ3v) is 5.32. The summed E-state index contributed by atoms with van der Waals surface area (Å²) >= 11 is 3.48. The quantitative estimate of drug-likeness (QED) is 0.442. The Morgan fingerprint density at radius 1 is 1.03 bits per heavy atom. The topological polar surface area (TPSA) is 57.2 Å². The Morgan fingerprint density at radius 2 is 1.74 bits per heavy atom. The van der Waals surface area contributed by atoms with Gasteiger partial charge in [-0.3, -0.25) is 0 Å². The zero-order valence-electron chi connectivity index (χ0n) is 18.3. The van der Waals surface area contributed by atoms with Gasteiger partial charge in [-0.05, 0) is 73.8 Å². The highest BCUT2D eigenvalue weighted by Crippen LogP contribution is 2.30. The van der Waals surface area contributed by atoms with Gasteiger partial charge in [0.15, 0.2) is 0 Å². The van der Waals surface area contributed by atoms with Crippen molar-refractivity contribution in [2.75, 3.05) is 26.3 Å². The average Bonchev–Trinajstić information content (AvgIpc) is 2.72. The van der Waals surface area contributed by atoms with E-state index in [-0.39, 0.29) is 12.2 Å². The second-order valence-corrected chi connectivity index (χ2v) is 9.25. The standard InChI is InChI=1S/C24H30BrNO5/c1-24(2,3)31-23(27)26-13-11-18(12-14-26)28-15-16-29-19-7-6-8-20(17-19)30-22-10-5-4-9-21(22)25/h4-10,17-18H,11-16H2,1-3H3. The van der Waals surface area contributed by atoms with Crippen LogP contribution < -0.4 is 9.47 Å². The Hall–Kier alpha value is -2.25. The summed E-state index contributed by atoms with van der Waals surface area (Å²) in [5.41, 5.74) is -0.471. The van der Waals surface area contributed by atoms with Crippen molar-refractivity contribution >= 4 is 22.0 Å². The van der Waals surface area contributed by atoms with Crippen molar-refractivity contribution in [3.8, 4) is 17.2 Å². The van der Waals surface area contributed by atoms with Crippen LogP contribution in [0.4, 0.5) is 4.79 Å². The summed E-state index contributed by atoms with van der Waals surface area (Å²) in [6.07, 6.45) is 1.48. The Kier molecular flexibility index (Phi) is 8.21. The van der Waals surface area contributed by atoms with Gasteiger partial charge >= 0.3 is 6.09 Å². The number of piperidine rings is 1. The fourth-order valence-corrected chi connectivity index (χ4v) is 3.55. The van der Waals surface area contributed by atoms with Gasteiger partial charge in [-0.15, -0.1) is 0 Å². The van der Waals surface area contributed by atoms with E-state index in [1.807, 2.05) is 69.3 Å². The molecule has 1 aliphatic rings. The van der Waals surface area contributed by atoms with Gasteiger partial charge in [-0.2, -0.15) is 0 Å². The van der Waals surface area contributed by atoms with E-state index in [0.717, 1.165) is 28.8 Å². The van der Waals surface area contributed by atoms with Gasteiger partial charge in [0.2, 0.25) is 0 Å². The van der Waals surface area contributed by atoms with Crippen LogP contribution in [0.5, 0.6) is 17.2 Å². The summed E-state index contributed by atoms with van der Waals surface area (Å²) in [6, 6.07) is 15.2. The van der Waals surface area contributed by atoms with E-state index in [0.29, 0.717) is 32.1 Å². The molecule has 31 heavy (non-hydrogen) atoms. The minimum Gasteiger partial charge on any atom is -0.491 e. The first kappa shape index (κ1) is 23.4. The Morgan fingerprint density at radius 3 is 2.45 bits per heavy atom. The molecular formula is C24H30BrNO5. The molecule has 3 rings (SSSR count). The minimum atomic E-state index is -0.471. The summed E-state index contributed by atoms with van der Waals surface area (Å²) in [5.74, 6) is 2.19. The van der Waals surface area contributed by atoms with Crippen molar-refractivity contribution in [1.82, 2.24) is 4.90 Å². The molecule has 0 aliphatic carbocycles. The predicted molar refractivity (Wildman–Crippen MR) is 123 cm³/mol. The van der Waals surface area contributed by atoms with E-state index in [2.05, 4.69) is 15.9 Å². The smallest absolute Gasteiger partial charge is 0.410 e. The Balaban J connectivity index is 1.37. The fourth-order valence-electron chi connectivity index (χ4n) is 3.19. The van der Waals surface area contributed by atoms with Gasteiger partial charge in [-0.1, -0.05) is 18.2 Å². The van der Waals surface area contributed by atoms with Crippen LogP contribution in [0.1, 0.15) is 33.6 Å². The number of rotatable bonds is 7. The molecular weight excluding hydrogens is 462 g/mol. The Bertz CT molecular complexity index is 859. The minimum absolute atomic E-state index is 0.132. The average molecular weight is 492 g/mol. The maximum Gasteiger partial charge on any atom is 0.410 e. The molecule has 0 bridgehead atoms. The van der Waals surface area contributed by atoms with Gasteiger partial charge in [0.25, 0.3) is 0 Å². The van der Waals surface area contributed by atoms with Crippen LogP contribution in [0.3, 0.4) is 0 Å². The molecule has 1 fully saturated rings. The highest BCUT2D eigenvalue weighted by molar-refractivity contribution is 9.10. The summed E-state index contributed by atoms with van der Waals surface area (Å²) in [5, 5.41) is 0. The molecule has 0 unspecified atom stereocenters. The highest BCUT2D eigenvalue weighted by Gasteiger charge is 2.27. The molecule has 1 aliphatic heterocycles. The number of amides is 1. The molecule has 1 saturated heterocycles. The van der Waals surface area contributed by atoms with Crippen LogP contribution in [-0.2, 0) is 9.47 Å².